The van der Waals surface area contributed by atoms with E-state index in [1.807, 2.05) is 24.4 Å². The number of fused-ring (bicyclic) bond motifs is 5. The van der Waals surface area contributed by atoms with Gasteiger partial charge in [0.2, 0.25) is 0 Å². The maximum atomic E-state index is 4.72. The molecular formula is C28H22N2. The number of aromatic nitrogens is 2. The Labute approximate surface area is 176 Å². The Hall–Kier alpha value is -3.65. The van der Waals surface area contributed by atoms with Gasteiger partial charge in [-0.25, -0.2) is 0 Å². The van der Waals surface area contributed by atoms with E-state index in [0.717, 1.165) is 16.9 Å². The summed E-state index contributed by atoms with van der Waals surface area (Å²) in [5, 5.41) is 1.30. The molecule has 0 amide bonds. The molecule has 0 saturated carbocycles. The van der Waals surface area contributed by atoms with E-state index >= 15 is 0 Å². The van der Waals surface area contributed by atoms with Crippen molar-refractivity contribution >= 4 is 10.9 Å². The SMILES string of the molecule is CC1(C)c2ccccc2-c2c1ccc1c2ccn1-c1ccc(-c2ccccc2)nc1. The highest BCUT2D eigenvalue weighted by Gasteiger charge is 2.36. The molecule has 144 valence electrons. The van der Waals surface area contributed by atoms with Crippen molar-refractivity contribution in [1.82, 2.24) is 9.55 Å². The first-order valence-electron chi connectivity index (χ1n) is 10.4. The summed E-state index contributed by atoms with van der Waals surface area (Å²) in [6.45, 7) is 4.65. The van der Waals surface area contributed by atoms with E-state index in [2.05, 4.69) is 91.3 Å². The molecular weight excluding hydrogens is 364 g/mol. The average molecular weight is 386 g/mol. The zero-order valence-electron chi connectivity index (χ0n) is 17.1. The molecule has 0 aliphatic heterocycles. The third kappa shape index (κ3) is 2.34. The molecule has 0 saturated heterocycles. The van der Waals surface area contributed by atoms with Crippen molar-refractivity contribution in [3.05, 3.63) is 108 Å². The number of pyridine rings is 1. The van der Waals surface area contributed by atoms with Crippen molar-refractivity contribution in [1.29, 1.82) is 0 Å². The van der Waals surface area contributed by atoms with Crippen molar-refractivity contribution in [2.75, 3.05) is 0 Å². The normalized spacial score (nSPS) is 13.9. The van der Waals surface area contributed by atoms with E-state index in [0.29, 0.717) is 0 Å². The lowest BCUT2D eigenvalue weighted by molar-refractivity contribution is 0.661. The first-order valence-corrected chi connectivity index (χ1v) is 10.4. The summed E-state index contributed by atoms with van der Waals surface area (Å²) in [5.74, 6) is 0. The van der Waals surface area contributed by atoms with Gasteiger partial charge >= 0.3 is 0 Å². The Morgan fingerprint density at radius 3 is 2.33 bits per heavy atom. The summed E-state index contributed by atoms with van der Waals surface area (Å²) in [7, 11) is 0. The second-order valence-electron chi connectivity index (χ2n) is 8.54. The molecule has 1 aliphatic rings. The fraction of sp³-hybridized carbons (Fsp3) is 0.107. The fourth-order valence-electron chi connectivity index (χ4n) is 4.95. The second kappa shape index (κ2) is 6.17. The van der Waals surface area contributed by atoms with Crippen LogP contribution in [0.25, 0.3) is 39.0 Å². The van der Waals surface area contributed by atoms with Gasteiger partial charge in [0.15, 0.2) is 0 Å². The first kappa shape index (κ1) is 17.2. The topological polar surface area (TPSA) is 17.8 Å². The molecule has 2 heteroatoms. The van der Waals surface area contributed by atoms with Crippen LogP contribution in [-0.4, -0.2) is 9.55 Å². The molecule has 0 radical (unpaired) electrons. The van der Waals surface area contributed by atoms with Crippen molar-refractivity contribution in [2.45, 2.75) is 19.3 Å². The highest BCUT2D eigenvalue weighted by Crippen LogP contribution is 2.51. The van der Waals surface area contributed by atoms with Gasteiger partial charge in [-0.05, 0) is 46.5 Å². The maximum Gasteiger partial charge on any atom is 0.0703 e. The molecule has 0 spiro atoms. The molecule has 2 aromatic heterocycles. The van der Waals surface area contributed by atoms with Crippen LogP contribution in [-0.2, 0) is 5.41 Å². The predicted molar refractivity (Wildman–Crippen MR) is 124 cm³/mol. The third-order valence-corrected chi connectivity index (χ3v) is 6.51. The van der Waals surface area contributed by atoms with Gasteiger partial charge in [0, 0.05) is 22.6 Å². The molecule has 6 rings (SSSR count). The van der Waals surface area contributed by atoms with Crippen LogP contribution in [0.5, 0.6) is 0 Å². The number of nitrogens with zero attached hydrogens (tertiary/aromatic N) is 2. The molecule has 0 N–H and O–H groups in total. The molecule has 5 aromatic rings. The van der Waals surface area contributed by atoms with Crippen LogP contribution in [0.4, 0.5) is 0 Å². The molecule has 2 nitrogen and oxygen atoms in total. The Balaban J connectivity index is 1.50. The van der Waals surface area contributed by atoms with Gasteiger partial charge in [-0.15, -0.1) is 0 Å². The fourth-order valence-corrected chi connectivity index (χ4v) is 4.95. The summed E-state index contributed by atoms with van der Waals surface area (Å²) >= 11 is 0. The summed E-state index contributed by atoms with van der Waals surface area (Å²) in [6, 6.07) is 30.2. The molecule has 0 unspecified atom stereocenters. The number of rotatable bonds is 2. The van der Waals surface area contributed by atoms with Crippen molar-refractivity contribution in [3.8, 4) is 28.1 Å². The van der Waals surface area contributed by atoms with Crippen LogP contribution in [0.3, 0.4) is 0 Å². The molecule has 0 atom stereocenters. The number of benzene rings is 3. The van der Waals surface area contributed by atoms with Gasteiger partial charge in [-0.1, -0.05) is 74.5 Å². The van der Waals surface area contributed by atoms with Gasteiger partial charge in [0.05, 0.1) is 23.1 Å². The van der Waals surface area contributed by atoms with Crippen LogP contribution in [0.2, 0.25) is 0 Å². The average Bonchev–Trinajstić information content (AvgIpc) is 3.32. The molecule has 3 aromatic carbocycles. The quantitative estimate of drug-likeness (QED) is 0.319. The summed E-state index contributed by atoms with van der Waals surface area (Å²) in [4.78, 5) is 4.72. The number of hydrogen-bond acceptors (Lipinski definition) is 1. The van der Waals surface area contributed by atoms with Gasteiger partial charge in [-0.2, -0.15) is 0 Å². The van der Waals surface area contributed by atoms with Crippen molar-refractivity contribution in [2.24, 2.45) is 0 Å². The highest BCUT2D eigenvalue weighted by molar-refractivity contribution is 6.02. The molecule has 0 fully saturated rings. The Morgan fingerprint density at radius 2 is 1.53 bits per heavy atom. The van der Waals surface area contributed by atoms with Crippen molar-refractivity contribution in [3.63, 3.8) is 0 Å². The minimum absolute atomic E-state index is 0.0289. The van der Waals surface area contributed by atoms with E-state index in [9.17, 15) is 0 Å². The zero-order chi connectivity index (χ0) is 20.3. The van der Waals surface area contributed by atoms with E-state index in [1.54, 1.807) is 0 Å². The monoisotopic (exact) mass is 386 g/mol. The Bertz CT molecular complexity index is 1390. The van der Waals surface area contributed by atoms with Crippen LogP contribution in [0.15, 0.2) is 97.3 Å². The lowest BCUT2D eigenvalue weighted by Gasteiger charge is -2.21. The lowest BCUT2D eigenvalue weighted by Crippen LogP contribution is -2.14. The van der Waals surface area contributed by atoms with Gasteiger partial charge in [-0.3, -0.25) is 4.98 Å². The highest BCUT2D eigenvalue weighted by atomic mass is 15.0. The summed E-state index contributed by atoms with van der Waals surface area (Å²) < 4.78 is 2.24. The minimum Gasteiger partial charge on any atom is -0.315 e. The predicted octanol–water partition coefficient (Wildman–Crippen LogP) is 7.00. The van der Waals surface area contributed by atoms with E-state index in [-0.39, 0.29) is 5.41 Å². The van der Waals surface area contributed by atoms with Crippen molar-refractivity contribution < 1.29 is 0 Å². The largest absolute Gasteiger partial charge is 0.315 e. The zero-order valence-corrected chi connectivity index (χ0v) is 17.1. The smallest absolute Gasteiger partial charge is 0.0703 e. The van der Waals surface area contributed by atoms with E-state index in [4.69, 9.17) is 4.98 Å². The van der Waals surface area contributed by atoms with Crippen LogP contribution < -0.4 is 0 Å². The standard InChI is InChI=1S/C28H22N2/c1-28(2)23-11-7-6-10-21(23)27-22-16-17-30(26(22)15-13-24(27)28)20-12-14-25(29-18-20)19-8-4-3-5-9-19/h3-18H,1-2H3. The maximum absolute atomic E-state index is 4.72. The molecule has 30 heavy (non-hydrogen) atoms. The van der Waals surface area contributed by atoms with Crippen LogP contribution in [0.1, 0.15) is 25.0 Å². The Morgan fingerprint density at radius 1 is 0.733 bits per heavy atom. The summed E-state index contributed by atoms with van der Waals surface area (Å²) in [6.07, 6.45) is 4.13. The van der Waals surface area contributed by atoms with Crippen LogP contribution >= 0.6 is 0 Å². The number of hydrogen-bond donors (Lipinski definition) is 0. The summed E-state index contributed by atoms with van der Waals surface area (Å²) in [5.41, 5.74) is 10.0. The third-order valence-electron chi connectivity index (χ3n) is 6.51. The minimum atomic E-state index is 0.0289. The van der Waals surface area contributed by atoms with Gasteiger partial charge < -0.3 is 4.57 Å². The van der Waals surface area contributed by atoms with E-state index < -0.39 is 0 Å². The van der Waals surface area contributed by atoms with E-state index in [1.165, 1.54) is 33.2 Å². The van der Waals surface area contributed by atoms with Gasteiger partial charge in [0.25, 0.3) is 0 Å². The van der Waals surface area contributed by atoms with Crippen LogP contribution in [0, 0.1) is 0 Å². The first-order chi connectivity index (χ1) is 14.6. The lowest BCUT2D eigenvalue weighted by atomic mass is 9.82. The molecule has 2 heterocycles. The molecule has 1 aliphatic carbocycles. The molecule has 0 bridgehead atoms. The second-order valence-corrected chi connectivity index (χ2v) is 8.54. The van der Waals surface area contributed by atoms with Gasteiger partial charge in [0.1, 0.15) is 0 Å². The Kier molecular flexibility index (Phi) is 3.54.